The zero-order valence-corrected chi connectivity index (χ0v) is 20.4. The standard InChI is InChI=1S/C16H14F4N4O.C6H6FN.C4H9N/c17-9-3-1-6-11(7-9)23-15-21-8-12(13(24-15)16(18,19)20)14(25)22-10-4-2-5-10;7-5-2-1-3-6(8)4-5;5-4-2-1-3-4/h1,3,6-8,10H,2,4-5H2,(H,22,25)(H,21,23,24);1-4H,8H2;4H,1-3,5H2. The number of hydrogen-bond donors (Lipinski definition) is 4. The van der Waals surface area contributed by atoms with E-state index in [1.807, 2.05) is 0 Å². The van der Waals surface area contributed by atoms with Crippen LogP contribution < -0.4 is 22.1 Å². The van der Waals surface area contributed by atoms with Crippen molar-refractivity contribution in [2.75, 3.05) is 11.1 Å². The van der Waals surface area contributed by atoms with Gasteiger partial charge in [0.2, 0.25) is 5.95 Å². The van der Waals surface area contributed by atoms with E-state index in [0.29, 0.717) is 11.7 Å². The van der Waals surface area contributed by atoms with Crippen molar-refractivity contribution in [3.63, 3.8) is 0 Å². The number of carbonyl (C=O) groups excluding carboxylic acids is 1. The summed E-state index contributed by atoms with van der Waals surface area (Å²) in [5, 5.41) is 5.03. The number of aromatic nitrogens is 2. The molecule has 0 atom stereocenters. The molecule has 0 spiro atoms. The third-order valence-electron chi connectivity index (χ3n) is 5.82. The number of nitrogens with one attached hydrogen (secondary N) is 2. The maximum Gasteiger partial charge on any atom is 0.434 e. The summed E-state index contributed by atoms with van der Waals surface area (Å²) in [6, 6.07) is 11.4. The molecule has 0 saturated heterocycles. The Hall–Kier alpha value is -3.80. The summed E-state index contributed by atoms with van der Waals surface area (Å²) in [7, 11) is 0. The SMILES string of the molecule is NC1CCC1.Nc1cccc(F)c1.O=C(NC1CCC1)c1cnc(Nc2cccc(F)c2)nc1C(F)(F)F. The molecule has 0 bridgehead atoms. The van der Waals surface area contributed by atoms with E-state index in [9.17, 15) is 26.7 Å². The normalized spacial score (nSPS) is 15.0. The average Bonchev–Trinajstić information content (AvgIpc) is 2.80. The molecular weight excluding hydrogens is 507 g/mol. The molecule has 5 rings (SSSR count). The van der Waals surface area contributed by atoms with Crippen LogP contribution in [0.4, 0.5) is 39.3 Å². The molecule has 1 aromatic heterocycles. The predicted molar refractivity (Wildman–Crippen MR) is 134 cm³/mol. The lowest BCUT2D eigenvalue weighted by atomic mass is 9.93. The lowest BCUT2D eigenvalue weighted by Crippen LogP contribution is -2.40. The number of carbonyl (C=O) groups is 1. The van der Waals surface area contributed by atoms with Crippen molar-refractivity contribution in [1.82, 2.24) is 15.3 Å². The van der Waals surface area contributed by atoms with Crippen molar-refractivity contribution in [3.05, 3.63) is 77.6 Å². The summed E-state index contributed by atoms with van der Waals surface area (Å²) in [5.41, 5.74) is 9.28. The average molecular weight is 537 g/mol. The van der Waals surface area contributed by atoms with E-state index in [0.717, 1.165) is 31.5 Å². The first-order valence-corrected chi connectivity index (χ1v) is 12.1. The Morgan fingerprint density at radius 1 is 0.947 bits per heavy atom. The van der Waals surface area contributed by atoms with Gasteiger partial charge in [0.05, 0.1) is 5.56 Å². The van der Waals surface area contributed by atoms with Crippen LogP contribution in [-0.4, -0.2) is 28.0 Å². The Morgan fingerprint density at radius 3 is 2.00 bits per heavy atom. The van der Waals surface area contributed by atoms with Gasteiger partial charge >= 0.3 is 6.18 Å². The molecule has 7 nitrogen and oxygen atoms in total. The van der Waals surface area contributed by atoms with Crippen LogP contribution in [-0.2, 0) is 6.18 Å². The number of nitrogen functional groups attached to an aromatic ring is 1. The molecular formula is C26H29F5N6O. The second-order valence-electron chi connectivity index (χ2n) is 8.94. The fraction of sp³-hybridized carbons (Fsp3) is 0.346. The van der Waals surface area contributed by atoms with Crippen LogP contribution in [0.3, 0.4) is 0 Å². The van der Waals surface area contributed by atoms with Gasteiger partial charge in [0.25, 0.3) is 5.91 Å². The molecule has 1 amide bonds. The van der Waals surface area contributed by atoms with E-state index < -0.39 is 29.2 Å². The van der Waals surface area contributed by atoms with Gasteiger partial charge in [-0.05, 0) is 68.5 Å². The first-order chi connectivity index (χ1) is 18.0. The molecule has 12 heteroatoms. The second kappa shape index (κ2) is 13.1. The molecule has 2 aromatic carbocycles. The highest BCUT2D eigenvalue weighted by Gasteiger charge is 2.38. The second-order valence-corrected chi connectivity index (χ2v) is 8.94. The molecule has 3 aromatic rings. The van der Waals surface area contributed by atoms with Crippen molar-refractivity contribution in [1.29, 1.82) is 0 Å². The van der Waals surface area contributed by atoms with Gasteiger partial charge in [-0.2, -0.15) is 13.2 Å². The third kappa shape index (κ3) is 8.94. The lowest BCUT2D eigenvalue weighted by Gasteiger charge is -2.26. The Morgan fingerprint density at radius 2 is 1.55 bits per heavy atom. The van der Waals surface area contributed by atoms with Crippen LogP contribution in [0.25, 0.3) is 0 Å². The van der Waals surface area contributed by atoms with E-state index >= 15 is 0 Å². The molecule has 6 N–H and O–H groups in total. The number of nitrogens with two attached hydrogens (primary N) is 2. The van der Waals surface area contributed by atoms with Crippen LogP contribution in [0.15, 0.2) is 54.7 Å². The Kier molecular flexibility index (Phi) is 9.94. The summed E-state index contributed by atoms with van der Waals surface area (Å²) in [6.45, 7) is 0. The molecule has 204 valence electrons. The first kappa shape index (κ1) is 28.8. The Balaban J connectivity index is 0.000000250. The minimum Gasteiger partial charge on any atom is -0.399 e. The summed E-state index contributed by atoms with van der Waals surface area (Å²) >= 11 is 0. The number of benzene rings is 2. The first-order valence-electron chi connectivity index (χ1n) is 12.1. The predicted octanol–water partition coefficient (Wildman–Crippen LogP) is 5.57. The van der Waals surface area contributed by atoms with Gasteiger partial charge in [0, 0.05) is 29.7 Å². The van der Waals surface area contributed by atoms with Gasteiger partial charge in [-0.3, -0.25) is 4.79 Å². The molecule has 0 unspecified atom stereocenters. The number of amides is 1. The van der Waals surface area contributed by atoms with E-state index in [2.05, 4.69) is 20.6 Å². The lowest BCUT2D eigenvalue weighted by molar-refractivity contribution is -0.141. The van der Waals surface area contributed by atoms with Gasteiger partial charge in [-0.15, -0.1) is 0 Å². The highest BCUT2D eigenvalue weighted by molar-refractivity contribution is 5.95. The quantitative estimate of drug-likeness (QED) is 0.256. The summed E-state index contributed by atoms with van der Waals surface area (Å²) in [4.78, 5) is 19.2. The number of rotatable bonds is 4. The van der Waals surface area contributed by atoms with E-state index in [4.69, 9.17) is 11.5 Å². The van der Waals surface area contributed by atoms with Gasteiger partial charge in [0.1, 0.15) is 11.6 Å². The highest BCUT2D eigenvalue weighted by Crippen LogP contribution is 2.31. The molecule has 0 aliphatic heterocycles. The van der Waals surface area contributed by atoms with Crippen LogP contribution in [0.5, 0.6) is 0 Å². The van der Waals surface area contributed by atoms with Crippen LogP contribution in [0.1, 0.15) is 54.6 Å². The summed E-state index contributed by atoms with van der Waals surface area (Å²) in [5.74, 6) is -2.07. The zero-order valence-electron chi connectivity index (χ0n) is 20.4. The number of anilines is 3. The Labute approximate surface area is 216 Å². The largest absolute Gasteiger partial charge is 0.434 e. The Bertz CT molecular complexity index is 1200. The van der Waals surface area contributed by atoms with Gasteiger partial charge < -0.3 is 22.1 Å². The van der Waals surface area contributed by atoms with Crippen molar-refractivity contribution in [3.8, 4) is 0 Å². The third-order valence-corrected chi connectivity index (χ3v) is 5.82. The number of nitrogens with zero attached hydrogens (tertiary/aromatic N) is 2. The van der Waals surface area contributed by atoms with Crippen molar-refractivity contribution in [2.24, 2.45) is 5.73 Å². The number of hydrogen-bond acceptors (Lipinski definition) is 6. The minimum atomic E-state index is -4.83. The maximum absolute atomic E-state index is 13.3. The van der Waals surface area contributed by atoms with Crippen LogP contribution in [0, 0.1) is 11.6 Å². The van der Waals surface area contributed by atoms with Crippen molar-refractivity contribution in [2.45, 2.75) is 56.8 Å². The summed E-state index contributed by atoms with van der Waals surface area (Å²) in [6.07, 6.45) is 2.31. The maximum atomic E-state index is 13.3. The van der Waals surface area contributed by atoms with E-state index in [-0.39, 0.29) is 23.5 Å². The fourth-order valence-electron chi connectivity index (χ4n) is 3.28. The van der Waals surface area contributed by atoms with Crippen LogP contribution in [0.2, 0.25) is 0 Å². The van der Waals surface area contributed by atoms with Gasteiger partial charge in [-0.25, -0.2) is 18.7 Å². The highest BCUT2D eigenvalue weighted by atomic mass is 19.4. The van der Waals surface area contributed by atoms with Gasteiger partial charge in [0.15, 0.2) is 5.69 Å². The molecule has 0 radical (unpaired) electrons. The van der Waals surface area contributed by atoms with Gasteiger partial charge in [-0.1, -0.05) is 18.6 Å². The topological polar surface area (TPSA) is 119 Å². The van der Waals surface area contributed by atoms with E-state index in [1.54, 1.807) is 12.1 Å². The minimum absolute atomic E-state index is 0.112. The smallest absolute Gasteiger partial charge is 0.399 e. The molecule has 1 heterocycles. The molecule has 38 heavy (non-hydrogen) atoms. The fourth-order valence-corrected chi connectivity index (χ4v) is 3.28. The van der Waals surface area contributed by atoms with Crippen molar-refractivity contribution < 1.29 is 26.7 Å². The van der Waals surface area contributed by atoms with E-state index in [1.165, 1.54) is 49.6 Å². The molecule has 2 saturated carbocycles. The number of alkyl halides is 3. The van der Waals surface area contributed by atoms with Crippen LogP contribution >= 0.6 is 0 Å². The number of halogens is 5. The summed E-state index contributed by atoms with van der Waals surface area (Å²) < 4.78 is 65.0. The molecule has 2 aliphatic carbocycles. The molecule has 2 fully saturated rings. The zero-order chi connectivity index (χ0) is 27.7. The van der Waals surface area contributed by atoms with Crippen molar-refractivity contribution >= 4 is 23.2 Å². The molecule has 2 aliphatic rings. The monoisotopic (exact) mass is 536 g/mol.